The van der Waals surface area contributed by atoms with Crippen LogP contribution < -0.4 is 5.32 Å². The van der Waals surface area contributed by atoms with Crippen LogP contribution in [0.5, 0.6) is 0 Å². The van der Waals surface area contributed by atoms with E-state index in [2.05, 4.69) is 12.2 Å². The molecule has 1 aromatic rings. The minimum Gasteiger partial charge on any atom is -0.350 e. The van der Waals surface area contributed by atoms with Crippen molar-refractivity contribution in [3.8, 4) is 0 Å². The molecular formula is C12H17NO. The van der Waals surface area contributed by atoms with Crippen molar-refractivity contribution in [2.75, 3.05) is 0 Å². The molecule has 1 amide bonds. The van der Waals surface area contributed by atoms with E-state index < -0.39 is 0 Å². The number of carbonyl (C=O) groups excluding carboxylic acids is 1. The Morgan fingerprint density at radius 3 is 2.43 bits per heavy atom. The highest BCUT2D eigenvalue weighted by molar-refractivity contribution is 5.94. The molecule has 0 radical (unpaired) electrons. The first kappa shape index (κ1) is 10.8. The normalized spacial score (nSPS) is 12.2. The Morgan fingerprint density at radius 1 is 1.36 bits per heavy atom. The van der Waals surface area contributed by atoms with E-state index >= 15 is 0 Å². The fraction of sp³-hybridized carbons (Fsp3) is 0.417. The molecule has 1 aromatic carbocycles. The van der Waals surface area contributed by atoms with Crippen molar-refractivity contribution >= 4 is 5.91 Å². The zero-order valence-electron chi connectivity index (χ0n) is 9.00. The Labute approximate surface area is 85.3 Å². The van der Waals surface area contributed by atoms with Gasteiger partial charge in [-0.15, -0.1) is 0 Å². The maximum absolute atomic E-state index is 11.6. The predicted molar refractivity (Wildman–Crippen MR) is 58.4 cm³/mol. The number of nitrogens with one attached hydrogen (secondary N) is 1. The molecule has 1 atom stereocenters. The Balaban J connectivity index is 2.65. The molecule has 0 spiro atoms. The Morgan fingerprint density at radius 2 is 1.93 bits per heavy atom. The zero-order chi connectivity index (χ0) is 10.6. The van der Waals surface area contributed by atoms with Gasteiger partial charge in [0.15, 0.2) is 0 Å². The predicted octanol–water partition coefficient (Wildman–Crippen LogP) is 2.52. The molecule has 0 heterocycles. The van der Waals surface area contributed by atoms with Gasteiger partial charge in [-0.3, -0.25) is 4.79 Å². The van der Waals surface area contributed by atoms with Gasteiger partial charge in [-0.25, -0.2) is 0 Å². The van der Waals surface area contributed by atoms with Crippen LogP contribution in [0.2, 0.25) is 0 Å². The van der Waals surface area contributed by atoms with Crippen LogP contribution in [0.1, 0.15) is 36.2 Å². The van der Waals surface area contributed by atoms with Crippen molar-refractivity contribution < 1.29 is 4.79 Å². The number of benzene rings is 1. The fourth-order valence-electron chi connectivity index (χ4n) is 1.11. The number of hydrogen-bond acceptors (Lipinski definition) is 1. The van der Waals surface area contributed by atoms with Gasteiger partial charge in [-0.05, 0) is 32.4 Å². The highest BCUT2D eigenvalue weighted by Gasteiger charge is 2.07. The fourth-order valence-corrected chi connectivity index (χ4v) is 1.11. The quantitative estimate of drug-likeness (QED) is 0.781. The van der Waals surface area contributed by atoms with Gasteiger partial charge in [-0.1, -0.05) is 24.6 Å². The molecule has 0 fully saturated rings. The van der Waals surface area contributed by atoms with E-state index in [-0.39, 0.29) is 11.9 Å². The van der Waals surface area contributed by atoms with E-state index in [1.165, 1.54) is 5.56 Å². The van der Waals surface area contributed by atoms with E-state index in [0.717, 1.165) is 12.0 Å². The standard InChI is InChI=1S/C12H17NO/c1-4-10(3)13-12(14)11-7-5-9(2)6-8-11/h5-8,10H,4H2,1-3H3,(H,13,14)/t10-/m0/s1. The van der Waals surface area contributed by atoms with Gasteiger partial charge in [0.05, 0.1) is 0 Å². The minimum absolute atomic E-state index is 0.0133. The Kier molecular flexibility index (Phi) is 3.69. The summed E-state index contributed by atoms with van der Waals surface area (Å²) in [7, 11) is 0. The summed E-state index contributed by atoms with van der Waals surface area (Å²) in [6, 6.07) is 7.85. The van der Waals surface area contributed by atoms with E-state index in [4.69, 9.17) is 0 Å². The molecule has 1 N–H and O–H groups in total. The smallest absolute Gasteiger partial charge is 0.251 e. The van der Waals surface area contributed by atoms with E-state index in [9.17, 15) is 4.79 Å². The molecule has 0 aliphatic carbocycles. The van der Waals surface area contributed by atoms with Crippen LogP contribution >= 0.6 is 0 Å². The average molecular weight is 191 g/mol. The van der Waals surface area contributed by atoms with Crippen LogP contribution in [-0.4, -0.2) is 11.9 Å². The maximum Gasteiger partial charge on any atom is 0.251 e. The average Bonchev–Trinajstić information content (AvgIpc) is 2.18. The SMILES string of the molecule is CC[C@H](C)NC(=O)c1ccc(C)cc1. The third-order valence-electron chi connectivity index (χ3n) is 2.30. The third kappa shape index (κ3) is 2.87. The summed E-state index contributed by atoms with van der Waals surface area (Å²) in [5.74, 6) is 0.0133. The van der Waals surface area contributed by atoms with Crippen molar-refractivity contribution in [2.45, 2.75) is 33.2 Å². The van der Waals surface area contributed by atoms with Crippen molar-refractivity contribution in [3.05, 3.63) is 35.4 Å². The summed E-state index contributed by atoms with van der Waals surface area (Å²) < 4.78 is 0. The number of carbonyl (C=O) groups is 1. The summed E-state index contributed by atoms with van der Waals surface area (Å²) in [5, 5.41) is 2.93. The molecule has 0 unspecified atom stereocenters. The second kappa shape index (κ2) is 4.80. The largest absolute Gasteiger partial charge is 0.350 e. The highest BCUT2D eigenvalue weighted by atomic mass is 16.1. The first-order chi connectivity index (χ1) is 6.63. The first-order valence-electron chi connectivity index (χ1n) is 5.01. The van der Waals surface area contributed by atoms with Gasteiger partial charge in [-0.2, -0.15) is 0 Å². The summed E-state index contributed by atoms with van der Waals surface area (Å²) >= 11 is 0. The number of amides is 1. The molecule has 0 saturated carbocycles. The number of hydrogen-bond donors (Lipinski definition) is 1. The third-order valence-corrected chi connectivity index (χ3v) is 2.30. The lowest BCUT2D eigenvalue weighted by atomic mass is 10.1. The molecule has 0 aliphatic rings. The molecule has 0 saturated heterocycles. The van der Waals surface area contributed by atoms with Gasteiger partial charge in [0.2, 0.25) is 0 Å². The Hall–Kier alpha value is -1.31. The zero-order valence-corrected chi connectivity index (χ0v) is 9.00. The summed E-state index contributed by atoms with van der Waals surface area (Å²) in [6.45, 7) is 6.07. The van der Waals surface area contributed by atoms with E-state index in [0.29, 0.717) is 0 Å². The van der Waals surface area contributed by atoms with E-state index in [1.807, 2.05) is 38.1 Å². The maximum atomic E-state index is 11.6. The summed E-state index contributed by atoms with van der Waals surface area (Å²) in [4.78, 5) is 11.6. The highest BCUT2D eigenvalue weighted by Crippen LogP contribution is 2.03. The van der Waals surface area contributed by atoms with Crippen molar-refractivity contribution in [1.82, 2.24) is 5.32 Å². The van der Waals surface area contributed by atoms with Crippen LogP contribution in [-0.2, 0) is 0 Å². The van der Waals surface area contributed by atoms with Crippen LogP contribution in [0.4, 0.5) is 0 Å². The van der Waals surface area contributed by atoms with Crippen molar-refractivity contribution in [3.63, 3.8) is 0 Å². The van der Waals surface area contributed by atoms with Crippen LogP contribution in [0.3, 0.4) is 0 Å². The van der Waals surface area contributed by atoms with Crippen molar-refractivity contribution in [2.24, 2.45) is 0 Å². The van der Waals surface area contributed by atoms with Gasteiger partial charge in [0.1, 0.15) is 0 Å². The first-order valence-corrected chi connectivity index (χ1v) is 5.01. The van der Waals surface area contributed by atoms with Crippen LogP contribution in [0, 0.1) is 6.92 Å². The lowest BCUT2D eigenvalue weighted by Crippen LogP contribution is -2.31. The molecule has 1 rings (SSSR count). The topological polar surface area (TPSA) is 29.1 Å². The number of rotatable bonds is 3. The van der Waals surface area contributed by atoms with Gasteiger partial charge >= 0.3 is 0 Å². The summed E-state index contributed by atoms with van der Waals surface area (Å²) in [5.41, 5.74) is 1.90. The second-order valence-corrected chi connectivity index (χ2v) is 3.65. The molecule has 0 aliphatic heterocycles. The minimum atomic E-state index is 0.0133. The van der Waals surface area contributed by atoms with Crippen molar-refractivity contribution in [1.29, 1.82) is 0 Å². The molecule has 2 heteroatoms. The molecule has 76 valence electrons. The van der Waals surface area contributed by atoms with Crippen LogP contribution in [0.25, 0.3) is 0 Å². The molecule has 0 bridgehead atoms. The Bertz CT molecular complexity index is 303. The molecular weight excluding hydrogens is 174 g/mol. The van der Waals surface area contributed by atoms with Gasteiger partial charge in [0, 0.05) is 11.6 Å². The second-order valence-electron chi connectivity index (χ2n) is 3.65. The molecule has 14 heavy (non-hydrogen) atoms. The summed E-state index contributed by atoms with van der Waals surface area (Å²) in [6.07, 6.45) is 0.956. The molecule has 2 nitrogen and oxygen atoms in total. The van der Waals surface area contributed by atoms with Gasteiger partial charge in [0.25, 0.3) is 5.91 Å². The van der Waals surface area contributed by atoms with Crippen LogP contribution in [0.15, 0.2) is 24.3 Å². The number of aryl methyl sites for hydroxylation is 1. The monoisotopic (exact) mass is 191 g/mol. The lowest BCUT2D eigenvalue weighted by molar-refractivity contribution is 0.0939. The molecule has 0 aromatic heterocycles. The lowest BCUT2D eigenvalue weighted by Gasteiger charge is -2.11. The van der Waals surface area contributed by atoms with Gasteiger partial charge < -0.3 is 5.32 Å². The van der Waals surface area contributed by atoms with E-state index in [1.54, 1.807) is 0 Å².